The van der Waals surface area contributed by atoms with E-state index >= 15 is 0 Å². The highest BCUT2D eigenvalue weighted by Gasteiger charge is 2.29. The minimum atomic E-state index is -0.00743. The van der Waals surface area contributed by atoms with E-state index in [4.69, 9.17) is 23.8 Å². The standard InChI is InChI=1S/C12H14ClN3OS/c1-7-6-9(13)4-5-10(7)14-12(18)16-15-11(17)8-2-3-8/h4-6,8H,2-3H2,1H3,(H,15,17)(H2,14,16,18). The minimum Gasteiger partial charge on any atom is -0.331 e. The summed E-state index contributed by atoms with van der Waals surface area (Å²) in [6.45, 7) is 1.93. The molecule has 1 saturated carbocycles. The second-order valence-electron chi connectivity index (χ2n) is 4.30. The Balaban J connectivity index is 1.84. The summed E-state index contributed by atoms with van der Waals surface area (Å²) in [5.74, 6) is 0.143. The molecule has 2 rings (SSSR count). The fourth-order valence-corrected chi connectivity index (χ4v) is 1.87. The van der Waals surface area contributed by atoms with Gasteiger partial charge in [0.25, 0.3) is 0 Å². The summed E-state index contributed by atoms with van der Waals surface area (Å²) in [7, 11) is 0. The van der Waals surface area contributed by atoms with Crippen LogP contribution in [0.25, 0.3) is 0 Å². The van der Waals surface area contributed by atoms with Crippen LogP contribution in [0.1, 0.15) is 18.4 Å². The number of carbonyl (C=O) groups excluding carboxylic acids is 1. The number of carbonyl (C=O) groups is 1. The van der Waals surface area contributed by atoms with Gasteiger partial charge in [0.15, 0.2) is 5.11 Å². The maximum absolute atomic E-state index is 11.4. The lowest BCUT2D eigenvalue weighted by Gasteiger charge is -2.13. The van der Waals surface area contributed by atoms with Gasteiger partial charge >= 0.3 is 0 Å². The first-order valence-electron chi connectivity index (χ1n) is 5.69. The van der Waals surface area contributed by atoms with Crippen LogP contribution in [-0.2, 0) is 4.79 Å². The third-order valence-electron chi connectivity index (χ3n) is 2.68. The predicted octanol–water partition coefficient (Wildman–Crippen LogP) is 2.38. The van der Waals surface area contributed by atoms with Crippen LogP contribution in [-0.4, -0.2) is 11.0 Å². The average Bonchev–Trinajstić information content (AvgIpc) is 3.14. The van der Waals surface area contributed by atoms with Crippen LogP contribution >= 0.6 is 23.8 Å². The highest BCUT2D eigenvalue weighted by molar-refractivity contribution is 7.80. The number of thiocarbonyl (C=S) groups is 1. The quantitative estimate of drug-likeness (QED) is 0.576. The Labute approximate surface area is 116 Å². The zero-order valence-electron chi connectivity index (χ0n) is 9.92. The minimum absolute atomic E-state index is 0.00743. The first-order chi connectivity index (χ1) is 8.56. The van der Waals surface area contributed by atoms with E-state index in [0.717, 1.165) is 24.1 Å². The van der Waals surface area contributed by atoms with Crippen molar-refractivity contribution in [1.82, 2.24) is 10.9 Å². The number of halogens is 1. The summed E-state index contributed by atoms with van der Waals surface area (Å²) < 4.78 is 0. The van der Waals surface area contributed by atoms with Crippen molar-refractivity contribution in [3.05, 3.63) is 28.8 Å². The summed E-state index contributed by atoms with van der Waals surface area (Å²) in [5.41, 5.74) is 7.10. The van der Waals surface area contributed by atoms with Crippen molar-refractivity contribution in [1.29, 1.82) is 0 Å². The summed E-state index contributed by atoms with van der Waals surface area (Å²) in [4.78, 5) is 11.4. The van der Waals surface area contributed by atoms with Gasteiger partial charge in [0.05, 0.1) is 0 Å². The van der Waals surface area contributed by atoms with Gasteiger partial charge in [0, 0.05) is 16.6 Å². The Bertz CT molecular complexity index is 488. The van der Waals surface area contributed by atoms with E-state index < -0.39 is 0 Å². The Morgan fingerprint density at radius 1 is 1.39 bits per heavy atom. The van der Waals surface area contributed by atoms with E-state index in [2.05, 4.69) is 16.2 Å². The molecule has 1 amide bonds. The van der Waals surface area contributed by atoms with E-state index in [1.165, 1.54) is 0 Å². The Morgan fingerprint density at radius 3 is 2.72 bits per heavy atom. The van der Waals surface area contributed by atoms with Crippen LogP contribution < -0.4 is 16.2 Å². The second kappa shape index (κ2) is 5.54. The molecule has 3 N–H and O–H groups in total. The van der Waals surface area contributed by atoms with Crippen molar-refractivity contribution < 1.29 is 4.79 Å². The fraction of sp³-hybridized carbons (Fsp3) is 0.333. The number of aryl methyl sites for hydroxylation is 1. The molecular formula is C12H14ClN3OS. The molecule has 1 aromatic carbocycles. The molecule has 0 saturated heterocycles. The number of hydrogen-bond donors (Lipinski definition) is 3. The van der Waals surface area contributed by atoms with Gasteiger partial charge in [0.1, 0.15) is 0 Å². The molecule has 4 nitrogen and oxygen atoms in total. The predicted molar refractivity (Wildman–Crippen MR) is 76.4 cm³/mol. The molecule has 0 heterocycles. The summed E-state index contributed by atoms with van der Waals surface area (Å²) in [5, 5.41) is 4.03. The van der Waals surface area contributed by atoms with Crippen LogP contribution in [0.4, 0.5) is 5.69 Å². The van der Waals surface area contributed by atoms with Crippen LogP contribution in [0.15, 0.2) is 18.2 Å². The van der Waals surface area contributed by atoms with Crippen molar-refractivity contribution in [2.24, 2.45) is 5.92 Å². The molecule has 1 aliphatic carbocycles. The molecule has 0 radical (unpaired) electrons. The number of nitrogens with one attached hydrogen (secondary N) is 3. The van der Waals surface area contributed by atoms with Crippen molar-refractivity contribution in [2.75, 3.05) is 5.32 Å². The smallest absolute Gasteiger partial charge is 0.241 e. The van der Waals surface area contributed by atoms with Crippen molar-refractivity contribution in [2.45, 2.75) is 19.8 Å². The van der Waals surface area contributed by atoms with Crippen molar-refractivity contribution >= 4 is 40.5 Å². The van der Waals surface area contributed by atoms with Crippen molar-refractivity contribution in [3.8, 4) is 0 Å². The Morgan fingerprint density at radius 2 is 2.11 bits per heavy atom. The maximum Gasteiger partial charge on any atom is 0.241 e. The SMILES string of the molecule is Cc1cc(Cl)ccc1NC(=S)NNC(=O)C1CC1. The van der Waals surface area contributed by atoms with Gasteiger partial charge in [0.2, 0.25) is 5.91 Å². The van der Waals surface area contributed by atoms with Crippen LogP contribution in [0.3, 0.4) is 0 Å². The lowest BCUT2D eigenvalue weighted by Crippen LogP contribution is -2.44. The topological polar surface area (TPSA) is 53.2 Å². The van der Waals surface area contributed by atoms with E-state index in [0.29, 0.717) is 10.1 Å². The monoisotopic (exact) mass is 283 g/mol. The van der Waals surface area contributed by atoms with E-state index in [1.54, 1.807) is 6.07 Å². The molecule has 0 spiro atoms. The van der Waals surface area contributed by atoms with E-state index in [1.807, 2.05) is 19.1 Å². The van der Waals surface area contributed by atoms with Gasteiger partial charge in [-0.25, -0.2) is 0 Å². The van der Waals surface area contributed by atoms with Gasteiger partial charge in [-0.1, -0.05) is 11.6 Å². The van der Waals surface area contributed by atoms with E-state index in [-0.39, 0.29) is 11.8 Å². The molecule has 1 aliphatic rings. The van der Waals surface area contributed by atoms with Crippen LogP contribution in [0, 0.1) is 12.8 Å². The van der Waals surface area contributed by atoms with Crippen LogP contribution in [0.2, 0.25) is 5.02 Å². The lowest BCUT2D eigenvalue weighted by atomic mass is 10.2. The number of hydrogen-bond acceptors (Lipinski definition) is 2. The van der Waals surface area contributed by atoms with E-state index in [9.17, 15) is 4.79 Å². The maximum atomic E-state index is 11.4. The third-order valence-corrected chi connectivity index (χ3v) is 3.12. The van der Waals surface area contributed by atoms with Crippen molar-refractivity contribution in [3.63, 3.8) is 0 Å². The molecule has 0 atom stereocenters. The number of amides is 1. The molecule has 18 heavy (non-hydrogen) atoms. The summed E-state index contributed by atoms with van der Waals surface area (Å²) >= 11 is 10.9. The molecule has 0 aliphatic heterocycles. The van der Waals surface area contributed by atoms with Gasteiger partial charge in [-0.15, -0.1) is 0 Å². The number of benzene rings is 1. The van der Waals surface area contributed by atoms with Gasteiger partial charge in [-0.2, -0.15) is 0 Å². The van der Waals surface area contributed by atoms with Gasteiger partial charge < -0.3 is 5.32 Å². The molecule has 0 unspecified atom stereocenters. The number of rotatable bonds is 2. The third kappa shape index (κ3) is 3.58. The first kappa shape index (κ1) is 13.1. The van der Waals surface area contributed by atoms with Gasteiger partial charge in [-0.3, -0.25) is 15.6 Å². The zero-order valence-corrected chi connectivity index (χ0v) is 11.5. The zero-order chi connectivity index (χ0) is 13.1. The number of anilines is 1. The Kier molecular flexibility index (Phi) is 4.04. The second-order valence-corrected chi connectivity index (χ2v) is 5.15. The molecule has 1 fully saturated rings. The molecular weight excluding hydrogens is 270 g/mol. The highest BCUT2D eigenvalue weighted by Crippen LogP contribution is 2.28. The molecule has 96 valence electrons. The first-order valence-corrected chi connectivity index (χ1v) is 6.48. The summed E-state index contributed by atoms with van der Waals surface area (Å²) in [6, 6.07) is 5.46. The molecule has 1 aromatic rings. The Hall–Kier alpha value is -1.33. The van der Waals surface area contributed by atoms with Gasteiger partial charge in [-0.05, 0) is 55.7 Å². The normalized spacial score (nSPS) is 13.9. The largest absolute Gasteiger partial charge is 0.331 e. The average molecular weight is 284 g/mol. The number of hydrazine groups is 1. The summed E-state index contributed by atoms with van der Waals surface area (Å²) in [6.07, 6.45) is 1.92. The van der Waals surface area contributed by atoms with Crippen LogP contribution in [0.5, 0.6) is 0 Å². The fourth-order valence-electron chi connectivity index (χ4n) is 1.49. The molecule has 0 aromatic heterocycles. The molecule has 6 heteroatoms. The highest BCUT2D eigenvalue weighted by atomic mass is 35.5. The molecule has 0 bridgehead atoms. The lowest BCUT2D eigenvalue weighted by molar-refractivity contribution is -0.122.